The van der Waals surface area contributed by atoms with E-state index in [1.807, 2.05) is 19.1 Å². The number of anilines is 1. The number of benzene rings is 2. The SMILES string of the molecule is CCOc1c(Br)cc(C(=O)Nc2cccc(OC)c2)cc1OC. The maximum absolute atomic E-state index is 12.4. The Kier molecular flexibility index (Phi) is 5.87. The minimum absolute atomic E-state index is 0.250. The van der Waals surface area contributed by atoms with Crippen molar-refractivity contribution in [1.29, 1.82) is 0 Å². The lowest BCUT2D eigenvalue weighted by Gasteiger charge is -2.13. The molecule has 0 atom stereocenters. The van der Waals surface area contributed by atoms with E-state index in [9.17, 15) is 4.79 Å². The average Bonchev–Trinajstić information content (AvgIpc) is 2.56. The van der Waals surface area contributed by atoms with Gasteiger partial charge < -0.3 is 19.5 Å². The molecule has 5 nitrogen and oxygen atoms in total. The van der Waals surface area contributed by atoms with Gasteiger partial charge in [-0.05, 0) is 47.1 Å². The highest BCUT2D eigenvalue weighted by Gasteiger charge is 2.15. The van der Waals surface area contributed by atoms with Gasteiger partial charge in [-0.3, -0.25) is 4.79 Å². The van der Waals surface area contributed by atoms with E-state index < -0.39 is 0 Å². The normalized spacial score (nSPS) is 10.1. The lowest BCUT2D eigenvalue weighted by molar-refractivity contribution is 0.102. The number of rotatable bonds is 6. The first-order valence-corrected chi connectivity index (χ1v) is 7.84. The van der Waals surface area contributed by atoms with Gasteiger partial charge in [0.2, 0.25) is 0 Å². The molecule has 0 aliphatic rings. The molecule has 0 saturated heterocycles. The number of carbonyl (C=O) groups is 1. The predicted octanol–water partition coefficient (Wildman–Crippen LogP) is 4.12. The second-order valence-corrected chi connectivity index (χ2v) is 5.46. The molecular weight excluding hydrogens is 362 g/mol. The first-order chi connectivity index (χ1) is 11.1. The van der Waals surface area contributed by atoms with Crippen LogP contribution in [0.3, 0.4) is 0 Å². The molecule has 1 amide bonds. The molecule has 122 valence electrons. The van der Waals surface area contributed by atoms with Crippen molar-refractivity contribution in [2.24, 2.45) is 0 Å². The summed E-state index contributed by atoms with van der Waals surface area (Å²) in [4.78, 5) is 12.4. The molecule has 1 N–H and O–H groups in total. The summed E-state index contributed by atoms with van der Waals surface area (Å²) in [7, 11) is 3.11. The van der Waals surface area contributed by atoms with Gasteiger partial charge in [0, 0.05) is 17.3 Å². The molecule has 0 heterocycles. The van der Waals surface area contributed by atoms with E-state index >= 15 is 0 Å². The molecular formula is C17H18BrNO4. The van der Waals surface area contributed by atoms with Gasteiger partial charge in [-0.1, -0.05) is 6.07 Å². The summed E-state index contributed by atoms with van der Waals surface area (Å²) >= 11 is 3.41. The molecule has 0 unspecified atom stereocenters. The molecule has 0 spiro atoms. The molecule has 2 rings (SSSR count). The minimum Gasteiger partial charge on any atom is -0.497 e. The highest BCUT2D eigenvalue weighted by molar-refractivity contribution is 9.10. The Balaban J connectivity index is 2.26. The fourth-order valence-corrected chi connectivity index (χ4v) is 2.60. The third-order valence-electron chi connectivity index (χ3n) is 3.11. The van der Waals surface area contributed by atoms with Gasteiger partial charge >= 0.3 is 0 Å². The summed E-state index contributed by atoms with van der Waals surface area (Å²) < 4.78 is 16.6. The molecule has 0 saturated carbocycles. The van der Waals surface area contributed by atoms with Crippen LogP contribution in [0.5, 0.6) is 17.2 Å². The van der Waals surface area contributed by atoms with Crippen LogP contribution in [-0.4, -0.2) is 26.7 Å². The predicted molar refractivity (Wildman–Crippen MR) is 92.8 cm³/mol. The van der Waals surface area contributed by atoms with E-state index in [0.717, 1.165) is 0 Å². The van der Waals surface area contributed by atoms with E-state index in [-0.39, 0.29) is 5.91 Å². The summed E-state index contributed by atoms with van der Waals surface area (Å²) in [6.45, 7) is 2.39. The van der Waals surface area contributed by atoms with Gasteiger partial charge in [-0.15, -0.1) is 0 Å². The van der Waals surface area contributed by atoms with Crippen molar-refractivity contribution in [3.63, 3.8) is 0 Å². The maximum Gasteiger partial charge on any atom is 0.255 e. The van der Waals surface area contributed by atoms with E-state index in [1.165, 1.54) is 7.11 Å². The largest absolute Gasteiger partial charge is 0.497 e. The van der Waals surface area contributed by atoms with E-state index in [4.69, 9.17) is 14.2 Å². The number of hydrogen-bond acceptors (Lipinski definition) is 4. The standard InChI is InChI=1S/C17H18BrNO4/c1-4-23-16-14(18)8-11(9-15(16)22-3)17(20)19-12-6-5-7-13(10-12)21-2/h5-10H,4H2,1-3H3,(H,19,20). The first kappa shape index (κ1) is 17.1. The summed E-state index contributed by atoms with van der Waals surface area (Å²) in [6.07, 6.45) is 0. The van der Waals surface area contributed by atoms with Crippen LogP contribution in [0.25, 0.3) is 0 Å². The van der Waals surface area contributed by atoms with Crippen LogP contribution in [0.15, 0.2) is 40.9 Å². The maximum atomic E-state index is 12.4. The highest BCUT2D eigenvalue weighted by atomic mass is 79.9. The summed E-state index contributed by atoms with van der Waals surface area (Å²) in [5.41, 5.74) is 1.11. The van der Waals surface area contributed by atoms with Crippen molar-refractivity contribution in [3.05, 3.63) is 46.4 Å². The molecule has 0 aliphatic carbocycles. The van der Waals surface area contributed by atoms with Gasteiger partial charge in [-0.25, -0.2) is 0 Å². The molecule has 2 aromatic carbocycles. The Morgan fingerprint density at radius 1 is 1.17 bits per heavy atom. The van der Waals surface area contributed by atoms with Crippen molar-refractivity contribution in [2.45, 2.75) is 6.92 Å². The van der Waals surface area contributed by atoms with Gasteiger partial charge in [0.15, 0.2) is 11.5 Å². The van der Waals surface area contributed by atoms with Crippen molar-refractivity contribution in [2.75, 3.05) is 26.1 Å². The van der Waals surface area contributed by atoms with Crippen LogP contribution in [0, 0.1) is 0 Å². The molecule has 0 aliphatic heterocycles. The fraction of sp³-hybridized carbons (Fsp3) is 0.235. The number of carbonyl (C=O) groups excluding carboxylic acids is 1. The Labute approximate surface area is 143 Å². The lowest BCUT2D eigenvalue weighted by atomic mass is 10.1. The number of hydrogen-bond donors (Lipinski definition) is 1. The molecule has 0 bridgehead atoms. The van der Waals surface area contributed by atoms with Crippen LogP contribution >= 0.6 is 15.9 Å². The van der Waals surface area contributed by atoms with Gasteiger partial charge in [0.25, 0.3) is 5.91 Å². The van der Waals surface area contributed by atoms with Crippen LogP contribution in [0.2, 0.25) is 0 Å². The van der Waals surface area contributed by atoms with Crippen LogP contribution in [-0.2, 0) is 0 Å². The molecule has 6 heteroatoms. The second kappa shape index (κ2) is 7.87. The van der Waals surface area contributed by atoms with Crippen molar-refractivity contribution >= 4 is 27.5 Å². The minimum atomic E-state index is -0.250. The fourth-order valence-electron chi connectivity index (χ4n) is 2.04. The third kappa shape index (κ3) is 4.16. The summed E-state index contributed by atoms with van der Waals surface area (Å²) in [6, 6.07) is 10.5. The van der Waals surface area contributed by atoms with E-state index in [1.54, 1.807) is 31.4 Å². The van der Waals surface area contributed by atoms with Gasteiger partial charge in [0.05, 0.1) is 25.3 Å². The zero-order chi connectivity index (χ0) is 16.8. The van der Waals surface area contributed by atoms with Crippen molar-refractivity contribution in [1.82, 2.24) is 0 Å². The van der Waals surface area contributed by atoms with Crippen LogP contribution < -0.4 is 19.5 Å². The summed E-state index contributed by atoms with van der Waals surface area (Å²) in [5, 5.41) is 2.83. The average molecular weight is 380 g/mol. The number of methoxy groups -OCH3 is 2. The molecule has 0 fully saturated rings. The van der Waals surface area contributed by atoms with Gasteiger partial charge in [0.1, 0.15) is 5.75 Å². The monoisotopic (exact) mass is 379 g/mol. The number of nitrogens with one attached hydrogen (secondary N) is 1. The molecule has 0 radical (unpaired) electrons. The Morgan fingerprint density at radius 2 is 1.96 bits per heavy atom. The van der Waals surface area contributed by atoms with Crippen LogP contribution in [0.4, 0.5) is 5.69 Å². The zero-order valence-electron chi connectivity index (χ0n) is 13.2. The van der Waals surface area contributed by atoms with Crippen molar-refractivity contribution in [3.8, 4) is 17.2 Å². The zero-order valence-corrected chi connectivity index (χ0v) is 14.8. The molecule has 2 aromatic rings. The van der Waals surface area contributed by atoms with E-state index in [0.29, 0.717) is 39.6 Å². The number of ether oxygens (including phenoxy) is 3. The van der Waals surface area contributed by atoms with E-state index in [2.05, 4.69) is 21.2 Å². The smallest absolute Gasteiger partial charge is 0.255 e. The van der Waals surface area contributed by atoms with Crippen molar-refractivity contribution < 1.29 is 19.0 Å². The van der Waals surface area contributed by atoms with Gasteiger partial charge in [-0.2, -0.15) is 0 Å². The Morgan fingerprint density at radius 3 is 2.61 bits per heavy atom. The summed E-state index contributed by atoms with van der Waals surface area (Å²) in [5.74, 6) is 1.50. The number of halogens is 1. The topological polar surface area (TPSA) is 56.8 Å². The Hall–Kier alpha value is -2.21. The number of amides is 1. The van der Waals surface area contributed by atoms with Crippen LogP contribution in [0.1, 0.15) is 17.3 Å². The highest BCUT2D eigenvalue weighted by Crippen LogP contribution is 2.36. The third-order valence-corrected chi connectivity index (χ3v) is 3.70. The quantitative estimate of drug-likeness (QED) is 0.819. The Bertz CT molecular complexity index is 703. The molecule has 0 aromatic heterocycles. The first-order valence-electron chi connectivity index (χ1n) is 7.04. The molecule has 23 heavy (non-hydrogen) atoms. The lowest BCUT2D eigenvalue weighted by Crippen LogP contribution is -2.12. The second-order valence-electron chi connectivity index (χ2n) is 4.61.